The van der Waals surface area contributed by atoms with E-state index in [1.54, 1.807) is 30.0 Å². The third-order valence-corrected chi connectivity index (χ3v) is 6.29. The minimum absolute atomic E-state index is 0.0712. The summed E-state index contributed by atoms with van der Waals surface area (Å²) in [5.41, 5.74) is 3.07. The van der Waals surface area contributed by atoms with Gasteiger partial charge < -0.3 is 9.32 Å². The number of thioether (sulfide) groups is 1. The zero-order valence-electron chi connectivity index (χ0n) is 15.5. The number of carbonyl (C=O) groups excluding carboxylic acids is 1. The lowest BCUT2D eigenvalue weighted by Crippen LogP contribution is -2.41. The number of oxazole rings is 1. The minimum atomic E-state index is -0.518. The van der Waals surface area contributed by atoms with E-state index in [4.69, 9.17) is 4.42 Å². The van der Waals surface area contributed by atoms with Crippen molar-refractivity contribution in [3.05, 3.63) is 95.0 Å². The standard InChI is InChI=1S/C23H18N2O3S/c26-22(14-24-17-10-4-6-12-20(17)28-23(24)27)25-18-11-5-7-13-21(18)29-15-19(25)16-8-2-1-3-9-16/h1-13,19H,14-15H2/t19-/m0/s1. The maximum absolute atomic E-state index is 13.5. The number of rotatable bonds is 3. The van der Waals surface area contributed by atoms with Gasteiger partial charge in [0.25, 0.3) is 0 Å². The number of benzene rings is 3. The Morgan fingerprint density at radius 3 is 2.55 bits per heavy atom. The number of anilines is 1. The first-order valence-corrected chi connectivity index (χ1v) is 10.4. The van der Waals surface area contributed by atoms with Crippen LogP contribution in [0.5, 0.6) is 0 Å². The first-order valence-electron chi connectivity index (χ1n) is 9.39. The predicted octanol–water partition coefficient (Wildman–Crippen LogP) is 4.47. The van der Waals surface area contributed by atoms with Gasteiger partial charge in [-0.3, -0.25) is 9.36 Å². The zero-order chi connectivity index (χ0) is 19.8. The van der Waals surface area contributed by atoms with Crippen LogP contribution >= 0.6 is 11.8 Å². The second-order valence-corrected chi connectivity index (χ2v) is 7.95. The van der Waals surface area contributed by atoms with Gasteiger partial charge in [-0.15, -0.1) is 11.8 Å². The molecule has 29 heavy (non-hydrogen) atoms. The summed E-state index contributed by atoms with van der Waals surface area (Å²) >= 11 is 1.75. The normalized spacial score (nSPS) is 16.0. The smallest absolute Gasteiger partial charge is 0.408 e. The molecule has 0 aliphatic carbocycles. The highest BCUT2D eigenvalue weighted by Crippen LogP contribution is 2.43. The van der Waals surface area contributed by atoms with Gasteiger partial charge in [-0.2, -0.15) is 0 Å². The van der Waals surface area contributed by atoms with E-state index in [0.717, 1.165) is 21.9 Å². The fourth-order valence-electron chi connectivity index (χ4n) is 3.79. The minimum Gasteiger partial charge on any atom is -0.408 e. The number of para-hydroxylation sites is 3. The lowest BCUT2D eigenvalue weighted by atomic mass is 10.1. The summed E-state index contributed by atoms with van der Waals surface area (Å²) < 4.78 is 6.71. The highest BCUT2D eigenvalue weighted by molar-refractivity contribution is 7.99. The molecule has 3 aromatic carbocycles. The Bertz CT molecular complexity index is 1250. The summed E-state index contributed by atoms with van der Waals surface area (Å²) in [6.45, 7) is -0.0712. The van der Waals surface area contributed by atoms with Crippen LogP contribution < -0.4 is 10.7 Å². The molecule has 1 aliphatic heterocycles. The van der Waals surface area contributed by atoms with Crippen molar-refractivity contribution in [1.29, 1.82) is 0 Å². The highest BCUT2D eigenvalue weighted by Gasteiger charge is 2.33. The van der Waals surface area contributed by atoms with Crippen LogP contribution in [0.15, 0.2) is 93.0 Å². The molecule has 1 amide bonds. The summed E-state index contributed by atoms with van der Waals surface area (Å²) in [6, 6.07) is 25.0. The van der Waals surface area contributed by atoms with Crippen molar-refractivity contribution in [3.8, 4) is 0 Å². The van der Waals surface area contributed by atoms with Gasteiger partial charge in [-0.05, 0) is 29.8 Å². The maximum atomic E-state index is 13.5. The molecule has 144 valence electrons. The van der Waals surface area contributed by atoms with Gasteiger partial charge in [-0.25, -0.2) is 4.79 Å². The van der Waals surface area contributed by atoms with Gasteiger partial charge in [0.1, 0.15) is 6.54 Å². The van der Waals surface area contributed by atoms with Crippen LogP contribution in [0.25, 0.3) is 11.1 Å². The molecular formula is C23H18N2O3S. The SMILES string of the molecule is O=C(Cn1c(=O)oc2ccccc21)N1c2ccccc2SC[C@H]1c1ccccc1. The molecule has 0 bridgehead atoms. The van der Waals surface area contributed by atoms with Crippen LogP contribution in [0, 0.1) is 0 Å². The number of aromatic nitrogens is 1. The van der Waals surface area contributed by atoms with Crippen LogP contribution in [0.4, 0.5) is 5.69 Å². The number of hydrogen-bond acceptors (Lipinski definition) is 4. The largest absolute Gasteiger partial charge is 0.420 e. The lowest BCUT2D eigenvalue weighted by molar-refractivity contribution is -0.119. The maximum Gasteiger partial charge on any atom is 0.420 e. The van der Waals surface area contributed by atoms with Crippen LogP contribution in [0.3, 0.4) is 0 Å². The molecule has 0 N–H and O–H groups in total. The van der Waals surface area contributed by atoms with E-state index in [9.17, 15) is 9.59 Å². The lowest BCUT2D eigenvalue weighted by Gasteiger charge is -2.37. The van der Waals surface area contributed by atoms with Gasteiger partial charge >= 0.3 is 5.76 Å². The van der Waals surface area contributed by atoms with Gasteiger partial charge in [0, 0.05) is 10.6 Å². The summed E-state index contributed by atoms with van der Waals surface area (Å²) in [6.07, 6.45) is 0. The molecule has 6 heteroatoms. The molecule has 0 spiro atoms. The van der Waals surface area contributed by atoms with E-state index in [-0.39, 0.29) is 18.5 Å². The average molecular weight is 402 g/mol. The highest BCUT2D eigenvalue weighted by atomic mass is 32.2. The molecule has 0 radical (unpaired) electrons. The Labute approximate surface area is 171 Å². The molecule has 5 rings (SSSR count). The fourth-order valence-corrected chi connectivity index (χ4v) is 4.96. The van der Waals surface area contributed by atoms with Crippen molar-refractivity contribution in [2.24, 2.45) is 0 Å². The summed E-state index contributed by atoms with van der Waals surface area (Å²) in [5, 5.41) is 0. The molecule has 1 atom stereocenters. The van der Waals surface area contributed by atoms with Crippen LogP contribution in [0.1, 0.15) is 11.6 Å². The van der Waals surface area contributed by atoms with E-state index in [2.05, 4.69) is 0 Å². The Morgan fingerprint density at radius 2 is 1.69 bits per heavy atom. The van der Waals surface area contributed by atoms with Crippen LogP contribution in [-0.2, 0) is 11.3 Å². The molecule has 1 aromatic heterocycles. The summed E-state index contributed by atoms with van der Waals surface area (Å²) in [4.78, 5) is 28.8. The van der Waals surface area contributed by atoms with Crippen molar-refractivity contribution in [1.82, 2.24) is 4.57 Å². The Kier molecular flexibility index (Phi) is 4.48. The molecule has 1 aliphatic rings. The first kappa shape index (κ1) is 17.8. The van der Waals surface area contributed by atoms with Gasteiger partial charge in [-0.1, -0.05) is 54.6 Å². The molecule has 2 heterocycles. The zero-order valence-corrected chi connectivity index (χ0v) is 16.3. The van der Waals surface area contributed by atoms with E-state index in [1.807, 2.05) is 65.6 Å². The molecule has 0 saturated carbocycles. The summed E-state index contributed by atoms with van der Waals surface area (Å²) in [5.74, 6) is 0.101. The monoisotopic (exact) mass is 402 g/mol. The van der Waals surface area contributed by atoms with E-state index in [0.29, 0.717) is 11.1 Å². The van der Waals surface area contributed by atoms with Crippen molar-refractivity contribution in [2.45, 2.75) is 17.5 Å². The van der Waals surface area contributed by atoms with Gasteiger partial charge in [0.05, 0.1) is 17.2 Å². The average Bonchev–Trinajstić information content (AvgIpc) is 3.08. The Morgan fingerprint density at radius 1 is 0.966 bits per heavy atom. The Hall–Kier alpha value is -3.25. The summed E-state index contributed by atoms with van der Waals surface area (Å²) in [7, 11) is 0. The Balaban J connectivity index is 1.57. The van der Waals surface area contributed by atoms with E-state index in [1.165, 1.54) is 4.57 Å². The number of fused-ring (bicyclic) bond motifs is 2. The van der Waals surface area contributed by atoms with Gasteiger partial charge in [0.2, 0.25) is 5.91 Å². The quantitative estimate of drug-likeness (QED) is 0.507. The second kappa shape index (κ2) is 7.29. The molecule has 4 aromatic rings. The van der Waals surface area contributed by atoms with Crippen molar-refractivity contribution >= 4 is 34.5 Å². The van der Waals surface area contributed by atoms with E-state index < -0.39 is 5.76 Å². The van der Waals surface area contributed by atoms with E-state index >= 15 is 0 Å². The molecule has 5 nitrogen and oxygen atoms in total. The number of amides is 1. The topological polar surface area (TPSA) is 55.5 Å². The first-order chi connectivity index (χ1) is 14.2. The number of carbonyl (C=O) groups is 1. The molecule has 0 fully saturated rings. The molecular weight excluding hydrogens is 384 g/mol. The third-order valence-electron chi connectivity index (χ3n) is 5.15. The number of hydrogen-bond donors (Lipinski definition) is 0. The van der Waals surface area contributed by atoms with Crippen LogP contribution in [-0.4, -0.2) is 16.2 Å². The van der Waals surface area contributed by atoms with Crippen LogP contribution in [0.2, 0.25) is 0 Å². The molecule has 0 unspecified atom stereocenters. The van der Waals surface area contributed by atoms with Crippen molar-refractivity contribution in [2.75, 3.05) is 10.7 Å². The second-order valence-electron chi connectivity index (χ2n) is 6.89. The predicted molar refractivity (Wildman–Crippen MR) is 114 cm³/mol. The van der Waals surface area contributed by atoms with Gasteiger partial charge in [0.15, 0.2) is 5.58 Å². The van der Waals surface area contributed by atoms with Crippen molar-refractivity contribution < 1.29 is 9.21 Å². The fraction of sp³-hybridized carbons (Fsp3) is 0.130. The third kappa shape index (κ3) is 3.15. The molecule has 0 saturated heterocycles. The number of nitrogens with zero attached hydrogens (tertiary/aromatic N) is 2. The van der Waals surface area contributed by atoms with Crippen molar-refractivity contribution in [3.63, 3.8) is 0 Å².